The van der Waals surface area contributed by atoms with Crippen LogP contribution in [0, 0.1) is 0 Å². The first kappa shape index (κ1) is 16.6. The van der Waals surface area contributed by atoms with E-state index in [0.29, 0.717) is 5.82 Å². The van der Waals surface area contributed by atoms with E-state index >= 15 is 0 Å². The van der Waals surface area contributed by atoms with Gasteiger partial charge < -0.3 is 4.74 Å². The molecule has 1 aliphatic carbocycles. The standard InChI is InChI=1S/C21H19N5O2/c1-25-18-8-7-13(9-15(18)11-22-25)12-28-21(27)23-20-17-10-14-5-3-4-6-16(14)19(17)24-26(20)2/h3-9,11H,10,12H2,1-2H3,(H,23,27). The Balaban J connectivity index is 1.30. The van der Waals surface area contributed by atoms with Crippen LogP contribution in [-0.4, -0.2) is 25.7 Å². The van der Waals surface area contributed by atoms with E-state index in [9.17, 15) is 4.79 Å². The summed E-state index contributed by atoms with van der Waals surface area (Å²) < 4.78 is 8.94. The van der Waals surface area contributed by atoms with Gasteiger partial charge in [0.15, 0.2) is 0 Å². The molecular weight excluding hydrogens is 354 g/mol. The zero-order chi connectivity index (χ0) is 19.3. The molecule has 140 valence electrons. The number of nitrogens with one attached hydrogen (secondary N) is 1. The van der Waals surface area contributed by atoms with Crippen LogP contribution >= 0.6 is 0 Å². The molecule has 2 aromatic carbocycles. The fourth-order valence-corrected chi connectivity index (χ4v) is 3.79. The van der Waals surface area contributed by atoms with Gasteiger partial charge in [-0.3, -0.25) is 14.7 Å². The normalized spacial score (nSPS) is 12.1. The molecule has 0 fully saturated rings. The molecule has 0 spiro atoms. The van der Waals surface area contributed by atoms with Crippen LogP contribution in [0.2, 0.25) is 0 Å². The highest BCUT2D eigenvalue weighted by Crippen LogP contribution is 2.39. The van der Waals surface area contributed by atoms with Crippen molar-refractivity contribution in [1.82, 2.24) is 19.6 Å². The van der Waals surface area contributed by atoms with Gasteiger partial charge in [0.1, 0.15) is 12.4 Å². The molecule has 4 aromatic rings. The van der Waals surface area contributed by atoms with Crippen molar-refractivity contribution in [2.24, 2.45) is 14.1 Å². The molecule has 2 heterocycles. The summed E-state index contributed by atoms with van der Waals surface area (Å²) in [6.07, 6.45) is 2.07. The van der Waals surface area contributed by atoms with Crippen molar-refractivity contribution < 1.29 is 9.53 Å². The topological polar surface area (TPSA) is 74.0 Å². The zero-order valence-corrected chi connectivity index (χ0v) is 15.6. The third-order valence-corrected chi connectivity index (χ3v) is 5.19. The maximum absolute atomic E-state index is 12.4. The molecule has 0 saturated heterocycles. The average molecular weight is 373 g/mol. The molecule has 28 heavy (non-hydrogen) atoms. The second-order valence-electron chi connectivity index (χ2n) is 7.00. The fourth-order valence-electron chi connectivity index (χ4n) is 3.79. The van der Waals surface area contributed by atoms with E-state index in [-0.39, 0.29) is 6.61 Å². The number of aryl methyl sites for hydroxylation is 2. The van der Waals surface area contributed by atoms with E-state index in [1.54, 1.807) is 10.9 Å². The van der Waals surface area contributed by atoms with E-state index in [0.717, 1.165) is 39.7 Å². The summed E-state index contributed by atoms with van der Waals surface area (Å²) in [7, 11) is 3.73. The van der Waals surface area contributed by atoms with E-state index in [1.165, 1.54) is 5.56 Å². The van der Waals surface area contributed by atoms with Crippen LogP contribution in [-0.2, 0) is 31.9 Å². The lowest BCUT2D eigenvalue weighted by atomic mass is 10.1. The number of rotatable bonds is 3. The number of hydrogen-bond acceptors (Lipinski definition) is 4. The van der Waals surface area contributed by atoms with Crippen LogP contribution in [0.3, 0.4) is 0 Å². The van der Waals surface area contributed by atoms with Gasteiger partial charge in [0.25, 0.3) is 0 Å². The first-order chi connectivity index (χ1) is 13.6. The van der Waals surface area contributed by atoms with Crippen LogP contribution in [0.5, 0.6) is 0 Å². The summed E-state index contributed by atoms with van der Waals surface area (Å²) >= 11 is 0. The summed E-state index contributed by atoms with van der Waals surface area (Å²) in [5.74, 6) is 0.680. The third-order valence-electron chi connectivity index (χ3n) is 5.19. The lowest BCUT2D eigenvalue weighted by Crippen LogP contribution is -2.17. The molecule has 7 nitrogen and oxygen atoms in total. The fraction of sp³-hybridized carbons (Fsp3) is 0.190. The number of nitrogens with zero attached hydrogens (tertiary/aromatic N) is 4. The maximum Gasteiger partial charge on any atom is 0.413 e. The van der Waals surface area contributed by atoms with Gasteiger partial charge in [-0.15, -0.1) is 0 Å². The number of fused-ring (bicyclic) bond motifs is 4. The van der Waals surface area contributed by atoms with Crippen LogP contribution in [0.15, 0.2) is 48.7 Å². The second kappa shape index (κ2) is 6.23. The van der Waals surface area contributed by atoms with Gasteiger partial charge in [0, 0.05) is 37.0 Å². The van der Waals surface area contributed by atoms with E-state index in [1.807, 2.05) is 49.1 Å². The number of carbonyl (C=O) groups excluding carboxylic acids is 1. The van der Waals surface area contributed by atoms with Crippen molar-refractivity contribution >= 4 is 22.8 Å². The molecule has 0 radical (unpaired) electrons. The van der Waals surface area contributed by atoms with Crippen molar-refractivity contribution in [2.75, 3.05) is 5.32 Å². The molecule has 1 aliphatic rings. The number of amides is 1. The van der Waals surface area contributed by atoms with Gasteiger partial charge in [0.2, 0.25) is 0 Å². The Morgan fingerprint density at radius 1 is 1.18 bits per heavy atom. The Bertz CT molecular complexity index is 1220. The first-order valence-electron chi connectivity index (χ1n) is 9.09. The Hall–Kier alpha value is -3.61. The molecule has 0 unspecified atom stereocenters. The smallest absolute Gasteiger partial charge is 0.413 e. The van der Waals surface area contributed by atoms with Crippen LogP contribution in [0.25, 0.3) is 22.2 Å². The van der Waals surface area contributed by atoms with Gasteiger partial charge in [0.05, 0.1) is 17.4 Å². The summed E-state index contributed by atoms with van der Waals surface area (Å²) in [5.41, 5.74) is 6.26. The minimum absolute atomic E-state index is 0.191. The van der Waals surface area contributed by atoms with E-state index < -0.39 is 6.09 Å². The van der Waals surface area contributed by atoms with Crippen LogP contribution < -0.4 is 5.32 Å². The highest BCUT2D eigenvalue weighted by molar-refractivity contribution is 5.88. The highest BCUT2D eigenvalue weighted by atomic mass is 16.5. The van der Waals surface area contributed by atoms with Gasteiger partial charge >= 0.3 is 6.09 Å². The SMILES string of the molecule is Cn1nc2c(c1NC(=O)OCc1ccc3c(cnn3C)c1)Cc1ccccc1-2. The molecule has 2 aromatic heterocycles. The number of hydrogen-bond donors (Lipinski definition) is 1. The van der Waals surface area contributed by atoms with Crippen molar-refractivity contribution in [3.8, 4) is 11.3 Å². The molecule has 0 aliphatic heterocycles. The number of anilines is 1. The van der Waals surface area contributed by atoms with Crippen LogP contribution in [0.1, 0.15) is 16.7 Å². The lowest BCUT2D eigenvalue weighted by molar-refractivity contribution is 0.155. The number of benzene rings is 2. The quantitative estimate of drug-likeness (QED) is 0.524. The molecule has 7 heteroatoms. The summed E-state index contributed by atoms with van der Waals surface area (Å²) in [6, 6.07) is 14.1. The average Bonchev–Trinajstić information content (AvgIpc) is 3.33. The predicted octanol–water partition coefficient (Wildman–Crippen LogP) is 3.63. The van der Waals surface area contributed by atoms with Crippen LogP contribution in [0.4, 0.5) is 10.6 Å². The third kappa shape index (κ3) is 2.63. The summed E-state index contributed by atoms with van der Waals surface area (Å²) in [4.78, 5) is 12.4. The largest absolute Gasteiger partial charge is 0.444 e. The van der Waals surface area contributed by atoms with Crippen molar-refractivity contribution in [2.45, 2.75) is 13.0 Å². The zero-order valence-electron chi connectivity index (χ0n) is 15.6. The first-order valence-corrected chi connectivity index (χ1v) is 9.09. The molecule has 5 rings (SSSR count). The maximum atomic E-state index is 12.4. The molecule has 0 saturated carbocycles. The van der Waals surface area contributed by atoms with Gasteiger partial charge in [-0.1, -0.05) is 30.3 Å². The Labute approximate surface area is 161 Å². The second-order valence-corrected chi connectivity index (χ2v) is 7.00. The summed E-state index contributed by atoms with van der Waals surface area (Å²) in [5, 5.41) is 12.7. The lowest BCUT2D eigenvalue weighted by Gasteiger charge is -2.09. The van der Waals surface area contributed by atoms with Gasteiger partial charge in [-0.05, 0) is 23.3 Å². The molecule has 0 atom stereocenters. The van der Waals surface area contributed by atoms with Crippen molar-refractivity contribution in [3.63, 3.8) is 0 Å². The minimum atomic E-state index is -0.493. The Kier molecular flexibility index (Phi) is 3.68. The Morgan fingerprint density at radius 2 is 2.04 bits per heavy atom. The highest BCUT2D eigenvalue weighted by Gasteiger charge is 2.27. The molecule has 0 bridgehead atoms. The van der Waals surface area contributed by atoms with E-state index in [4.69, 9.17) is 4.74 Å². The number of carbonyl (C=O) groups is 1. The van der Waals surface area contributed by atoms with Gasteiger partial charge in [-0.2, -0.15) is 10.2 Å². The van der Waals surface area contributed by atoms with Crippen molar-refractivity contribution in [3.05, 3.63) is 65.4 Å². The monoisotopic (exact) mass is 373 g/mol. The predicted molar refractivity (Wildman–Crippen MR) is 106 cm³/mol. The van der Waals surface area contributed by atoms with Gasteiger partial charge in [-0.25, -0.2) is 4.79 Å². The van der Waals surface area contributed by atoms with Crippen molar-refractivity contribution in [1.29, 1.82) is 0 Å². The number of aromatic nitrogens is 4. The van der Waals surface area contributed by atoms with E-state index in [2.05, 4.69) is 27.6 Å². The molecule has 1 amide bonds. The number of ether oxygens (including phenoxy) is 1. The minimum Gasteiger partial charge on any atom is -0.444 e. The molecule has 1 N–H and O–H groups in total. The molecular formula is C21H19N5O2. The Morgan fingerprint density at radius 3 is 2.93 bits per heavy atom. The summed E-state index contributed by atoms with van der Waals surface area (Å²) in [6.45, 7) is 0.191.